The molecule has 0 radical (unpaired) electrons. The Balaban J connectivity index is 1.71. The van der Waals surface area contributed by atoms with Crippen molar-refractivity contribution >= 4 is 16.7 Å². The van der Waals surface area contributed by atoms with Gasteiger partial charge in [0.1, 0.15) is 11.7 Å². The van der Waals surface area contributed by atoms with E-state index in [0.29, 0.717) is 24.7 Å². The normalized spacial score (nSPS) is 17.3. The summed E-state index contributed by atoms with van der Waals surface area (Å²) >= 11 is 0. The average molecular weight is 348 g/mol. The van der Waals surface area contributed by atoms with Crippen LogP contribution in [0.5, 0.6) is 0 Å². The molecule has 0 spiro atoms. The number of hydrogen-bond donors (Lipinski definition) is 0. The monoisotopic (exact) mass is 348 g/mol. The minimum Gasteiger partial charge on any atom is -0.312 e. The standard InChI is InChI=1S/C20H17FN4O/c21-14-1-3-16(4-2-14)25-18-12-22-9-7-17(18)23-20(25)13-8-10-24(15-5-6-15)19(26)11-13/h1,3,7-12,15H,2,4-6H2. The van der Waals surface area contributed by atoms with E-state index in [-0.39, 0.29) is 11.4 Å². The summed E-state index contributed by atoms with van der Waals surface area (Å²) in [5.74, 6) is 0.569. The summed E-state index contributed by atoms with van der Waals surface area (Å²) in [5.41, 5.74) is 3.36. The minimum atomic E-state index is -0.120. The average Bonchev–Trinajstić information content (AvgIpc) is 3.42. The van der Waals surface area contributed by atoms with Crippen LogP contribution in [0.3, 0.4) is 0 Å². The van der Waals surface area contributed by atoms with Crippen LogP contribution in [0.15, 0.2) is 59.6 Å². The van der Waals surface area contributed by atoms with Gasteiger partial charge in [0, 0.05) is 42.2 Å². The van der Waals surface area contributed by atoms with Crippen LogP contribution in [0, 0.1) is 0 Å². The van der Waals surface area contributed by atoms with Gasteiger partial charge in [0.2, 0.25) is 0 Å². The predicted octanol–water partition coefficient (Wildman–Crippen LogP) is 4.08. The molecule has 0 aromatic carbocycles. The number of pyridine rings is 2. The second-order valence-corrected chi connectivity index (χ2v) is 6.80. The molecular formula is C20H17FN4O. The smallest absolute Gasteiger partial charge is 0.251 e. The molecule has 0 saturated heterocycles. The van der Waals surface area contributed by atoms with E-state index in [1.165, 1.54) is 6.08 Å². The van der Waals surface area contributed by atoms with Gasteiger partial charge in [-0.3, -0.25) is 14.3 Å². The molecule has 1 fully saturated rings. The summed E-state index contributed by atoms with van der Waals surface area (Å²) in [6.45, 7) is 0. The summed E-state index contributed by atoms with van der Waals surface area (Å²) < 4.78 is 17.2. The lowest BCUT2D eigenvalue weighted by Gasteiger charge is -2.15. The second-order valence-electron chi connectivity index (χ2n) is 6.80. The van der Waals surface area contributed by atoms with Crippen molar-refractivity contribution < 1.29 is 4.39 Å². The zero-order valence-corrected chi connectivity index (χ0v) is 14.1. The zero-order chi connectivity index (χ0) is 17.7. The lowest BCUT2D eigenvalue weighted by molar-refractivity contribution is 0.587. The van der Waals surface area contributed by atoms with Gasteiger partial charge < -0.3 is 4.57 Å². The van der Waals surface area contributed by atoms with E-state index in [1.807, 2.05) is 22.9 Å². The highest BCUT2D eigenvalue weighted by Gasteiger charge is 2.25. The molecule has 26 heavy (non-hydrogen) atoms. The molecule has 3 aromatic rings. The number of aromatic nitrogens is 4. The van der Waals surface area contributed by atoms with Crippen LogP contribution in [-0.2, 0) is 0 Å². The molecule has 0 atom stereocenters. The highest BCUT2D eigenvalue weighted by molar-refractivity contribution is 5.84. The molecule has 0 unspecified atom stereocenters. The number of fused-ring (bicyclic) bond motifs is 1. The largest absolute Gasteiger partial charge is 0.312 e. The zero-order valence-electron chi connectivity index (χ0n) is 14.1. The molecule has 1 saturated carbocycles. The van der Waals surface area contributed by atoms with Gasteiger partial charge in [-0.15, -0.1) is 0 Å². The maximum Gasteiger partial charge on any atom is 0.251 e. The van der Waals surface area contributed by atoms with E-state index in [0.717, 1.165) is 35.1 Å². The van der Waals surface area contributed by atoms with Crippen LogP contribution in [-0.4, -0.2) is 19.1 Å². The van der Waals surface area contributed by atoms with Crippen molar-refractivity contribution in [3.05, 3.63) is 65.1 Å². The van der Waals surface area contributed by atoms with Gasteiger partial charge in [-0.2, -0.15) is 0 Å². The third-order valence-electron chi connectivity index (χ3n) is 4.97. The summed E-state index contributed by atoms with van der Waals surface area (Å²) in [6, 6.07) is 5.77. The van der Waals surface area contributed by atoms with Crippen molar-refractivity contribution in [2.45, 2.75) is 31.7 Å². The fourth-order valence-corrected chi connectivity index (χ4v) is 3.48. The molecule has 0 bridgehead atoms. The van der Waals surface area contributed by atoms with Crippen LogP contribution in [0.25, 0.3) is 28.1 Å². The van der Waals surface area contributed by atoms with Crippen molar-refractivity contribution in [3.63, 3.8) is 0 Å². The molecule has 5 nitrogen and oxygen atoms in total. The highest BCUT2D eigenvalue weighted by Crippen LogP contribution is 2.35. The highest BCUT2D eigenvalue weighted by atomic mass is 19.1. The number of rotatable bonds is 3. The van der Waals surface area contributed by atoms with Crippen molar-refractivity contribution in [2.24, 2.45) is 0 Å². The van der Waals surface area contributed by atoms with Crippen molar-refractivity contribution in [1.82, 2.24) is 19.1 Å². The summed E-state index contributed by atoms with van der Waals surface area (Å²) in [5, 5.41) is 0. The molecule has 2 aliphatic rings. The molecular weight excluding hydrogens is 331 g/mol. The van der Waals surface area contributed by atoms with Crippen LogP contribution in [0.1, 0.15) is 31.7 Å². The topological polar surface area (TPSA) is 52.7 Å². The first-order valence-corrected chi connectivity index (χ1v) is 8.81. The third kappa shape index (κ3) is 2.49. The SMILES string of the molecule is O=c1cc(-c2nc3ccncc3n2C2=CC=C(F)CC2)ccn1C1CC1. The van der Waals surface area contributed by atoms with Gasteiger partial charge >= 0.3 is 0 Å². The van der Waals surface area contributed by atoms with Crippen LogP contribution in [0.4, 0.5) is 4.39 Å². The molecule has 3 aromatic heterocycles. The Morgan fingerprint density at radius 2 is 2.04 bits per heavy atom. The van der Waals surface area contributed by atoms with Crippen molar-refractivity contribution in [2.75, 3.05) is 0 Å². The fourth-order valence-electron chi connectivity index (χ4n) is 3.48. The summed E-state index contributed by atoms with van der Waals surface area (Å²) in [6.07, 6.45) is 11.7. The fraction of sp³-hybridized carbons (Fsp3) is 0.250. The Labute approximate surface area is 149 Å². The van der Waals surface area contributed by atoms with E-state index in [1.54, 1.807) is 29.1 Å². The van der Waals surface area contributed by atoms with E-state index in [4.69, 9.17) is 4.98 Å². The molecule has 6 heteroatoms. The molecule has 2 aliphatic carbocycles. The van der Waals surface area contributed by atoms with Gasteiger partial charge in [-0.05, 0) is 43.5 Å². The Kier molecular flexibility index (Phi) is 3.38. The number of imidazole rings is 1. The quantitative estimate of drug-likeness (QED) is 0.716. The van der Waals surface area contributed by atoms with Crippen LogP contribution in [0.2, 0.25) is 0 Å². The molecule has 5 rings (SSSR count). The van der Waals surface area contributed by atoms with Gasteiger partial charge in [0.25, 0.3) is 5.56 Å². The number of halogens is 1. The van der Waals surface area contributed by atoms with Gasteiger partial charge in [-0.1, -0.05) is 0 Å². The predicted molar refractivity (Wildman–Crippen MR) is 98.2 cm³/mol. The summed E-state index contributed by atoms with van der Waals surface area (Å²) in [7, 11) is 0. The van der Waals surface area contributed by atoms with E-state index in [9.17, 15) is 9.18 Å². The first-order valence-electron chi connectivity index (χ1n) is 8.81. The maximum atomic E-state index is 13.5. The molecule has 0 aliphatic heterocycles. The van der Waals surface area contributed by atoms with E-state index in [2.05, 4.69) is 4.98 Å². The molecule has 0 amide bonds. The molecule has 130 valence electrons. The Morgan fingerprint density at radius 3 is 2.77 bits per heavy atom. The Bertz CT molecular complexity index is 1130. The first kappa shape index (κ1) is 15.3. The maximum absolute atomic E-state index is 13.5. The third-order valence-corrected chi connectivity index (χ3v) is 4.97. The lowest BCUT2D eigenvalue weighted by Crippen LogP contribution is -2.17. The Hall–Kier alpha value is -3.02. The minimum absolute atomic E-state index is 0.00899. The first-order chi connectivity index (χ1) is 12.7. The lowest BCUT2D eigenvalue weighted by atomic mass is 10.1. The Morgan fingerprint density at radius 1 is 1.15 bits per heavy atom. The van der Waals surface area contributed by atoms with Gasteiger partial charge in [0.05, 0.1) is 17.2 Å². The number of hydrogen-bond acceptors (Lipinski definition) is 3. The van der Waals surface area contributed by atoms with Crippen molar-refractivity contribution in [1.29, 1.82) is 0 Å². The molecule has 0 N–H and O–H groups in total. The number of allylic oxidation sites excluding steroid dienone is 4. The van der Waals surface area contributed by atoms with E-state index >= 15 is 0 Å². The second kappa shape index (κ2) is 5.76. The summed E-state index contributed by atoms with van der Waals surface area (Å²) in [4.78, 5) is 21.4. The number of nitrogens with zero attached hydrogens (tertiary/aromatic N) is 4. The van der Waals surface area contributed by atoms with Gasteiger partial charge in [-0.25, -0.2) is 9.37 Å². The molecule has 3 heterocycles. The van der Waals surface area contributed by atoms with Gasteiger partial charge in [0.15, 0.2) is 0 Å². The van der Waals surface area contributed by atoms with E-state index < -0.39 is 0 Å². The van der Waals surface area contributed by atoms with Crippen molar-refractivity contribution in [3.8, 4) is 11.4 Å². The van der Waals surface area contributed by atoms with Crippen LogP contribution < -0.4 is 5.56 Å². The van der Waals surface area contributed by atoms with Crippen LogP contribution >= 0.6 is 0 Å².